The molecule has 0 aromatic heterocycles. The number of ether oxygens (including phenoxy) is 2. The molecule has 4 aliphatic rings. The molecule has 0 aromatic carbocycles. The Hall–Kier alpha value is -2.31. The first kappa shape index (κ1) is 36.5. The van der Waals surface area contributed by atoms with Crippen molar-refractivity contribution in [2.75, 3.05) is 19.8 Å². The fourth-order valence-electron chi connectivity index (χ4n) is 8.68. The molecule has 0 saturated heterocycles. The van der Waals surface area contributed by atoms with Crippen molar-refractivity contribution in [2.45, 2.75) is 88.7 Å². The van der Waals surface area contributed by atoms with Crippen LogP contribution in [0, 0.1) is 28.6 Å². The van der Waals surface area contributed by atoms with Crippen LogP contribution in [-0.4, -0.2) is 96.6 Å². The number of carbonyl (C=O) groups is 4. The van der Waals surface area contributed by atoms with E-state index in [1.807, 2.05) is 6.92 Å². The maximum atomic E-state index is 14.3. The Morgan fingerprint density at radius 2 is 1.61 bits per heavy atom. The number of aliphatic hydroxyl groups excluding tert-OH is 1. The molecule has 0 radical (unpaired) electrons. The molecule has 3 saturated carbocycles. The number of esters is 2. The summed E-state index contributed by atoms with van der Waals surface area (Å²) in [6.07, 6.45) is 4.74. The molecule has 0 heterocycles. The molecule has 15 nitrogen and oxygen atoms in total. The van der Waals surface area contributed by atoms with Gasteiger partial charge in [0.05, 0.1) is 35.0 Å². The summed E-state index contributed by atoms with van der Waals surface area (Å²) in [5.74, 6) is -3.55. The minimum Gasteiger partial charge on any atom is -0.457 e. The van der Waals surface area contributed by atoms with Gasteiger partial charge in [-0.2, -0.15) is 0 Å². The fourth-order valence-corrected chi connectivity index (χ4v) is 9.20. The molecule has 46 heavy (non-hydrogen) atoms. The van der Waals surface area contributed by atoms with E-state index in [-0.39, 0.29) is 62.9 Å². The molecule has 2 unspecified atom stereocenters. The first-order valence-electron chi connectivity index (χ1n) is 15.4. The van der Waals surface area contributed by atoms with E-state index in [9.17, 15) is 24.3 Å². The van der Waals surface area contributed by atoms with Crippen LogP contribution in [0.25, 0.3) is 0 Å². The molecule has 0 aliphatic heterocycles. The second-order valence-electron chi connectivity index (χ2n) is 13.1. The highest BCUT2D eigenvalue weighted by atomic mass is 35.5. The number of carbonyl (C=O) groups excluding carboxylic acids is 4. The summed E-state index contributed by atoms with van der Waals surface area (Å²) in [5.41, 5.74) is -2.95. The lowest BCUT2D eigenvalue weighted by Crippen LogP contribution is -2.69. The maximum Gasteiger partial charge on any atom is 0.306 e. The first-order chi connectivity index (χ1) is 21.5. The normalized spacial score (nSPS) is 36.6. The number of hydrogen-bond acceptors (Lipinski definition) is 15. The molecule has 4 rings (SSSR count). The third kappa shape index (κ3) is 6.42. The van der Waals surface area contributed by atoms with Crippen molar-refractivity contribution in [1.29, 1.82) is 0 Å². The third-order valence-electron chi connectivity index (χ3n) is 10.7. The summed E-state index contributed by atoms with van der Waals surface area (Å²) < 4.78 is 11.4. The minimum absolute atomic E-state index is 0.0249. The van der Waals surface area contributed by atoms with E-state index in [0.717, 1.165) is 5.57 Å². The van der Waals surface area contributed by atoms with Crippen LogP contribution in [0.3, 0.4) is 0 Å². The Morgan fingerprint density at radius 1 is 1.00 bits per heavy atom. The van der Waals surface area contributed by atoms with Crippen molar-refractivity contribution in [3.63, 3.8) is 0 Å². The minimum atomic E-state index is -1.82. The maximum absolute atomic E-state index is 14.3. The van der Waals surface area contributed by atoms with Crippen LogP contribution in [-0.2, 0) is 38.3 Å². The summed E-state index contributed by atoms with van der Waals surface area (Å²) in [6.45, 7) is 4.33. The van der Waals surface area contributed by atoms with Gasteiger partial charge in [-0.05, 0) is 62.5 Å². The number of aliphatic hydroxyl groups is 1. The Morgan fingerprint density at radius 3 is 2.22 bits per heavy atom. The molecule has 4 aliphatic carbocycles. The predicted octanol–water partition coefficient (Wildman–Crippen LogP) is 2.85. The zero-order valence-electron chi connectivity index (χ0n) is 26.1. The Labute approximate surface area is 271 Å². The fraction of sp³-hybridized carbons (Fsp3) is 0.733. The summed E-state index contributed by atoms with van der Waals surface area (Å²) in [4.78, 5) is 60.0. The highest BCUT2D eigenvalue weighted by Crippen LogP contribution is 2.72. The predicted molar refractivity (Wildman–Crippen MR) is 154 cm³/mol. The zero-order valence-corrected chi connectivity index (χ0v) is 26.9. The van der Waals surface area contributed by atoms with E-state index < -0.39 is 68.4 Å². The number of halogens is 1. The number of ketones is 2. The van der Waals surface area contributed by atoms with E-state index in [4.69, 9.17) is 41.9 Å². The number of nitrogens with zero attached hydrogens (tertiary/aromatic N) is 2. The van der Waals surface area contributed by atoms with Crippen LogP contribution in [0.15, 0.2) is 23.8 Å². The zero-order chi connectivity index (χ0) is 34.1. The Bertz CT molecular complexity index is 1260. The van der Waals surface area contributed by atoms with Gasteiger partial charge in [0, 0.05) is 29.6 Å². The summed E-state index contributed by atoms with van der Waals surface area (Å²) in [6, 6.07) is 0. The molecule has 5 N–H and O–H groups in total. The average Bonchev–Trinajstić information content (AvgIpc) is 3.19. The number of hydrogen-bond donors (Lipinski definition) is 5. The van der Waals surface area contributed by atoms with Gasteiger partial charge in [0.1, 0.15) is 0 Å². The molecular formula is C30H43ClN2O13. The van der Waals surface area contributed by atoms with Crippen LogP contribution in [0.1, 0.15) is 72.1 Å². The van der Waals surface area contributed by atoms with Crippen LogP contribution < -0.4 is 0 Å². The van der Waals surface area contributed by atoms with Crippen LogP contribution >= 0.6 is 11.6 Å². The van der Waals surface area contributed by atoms with Gasteiger partial charge in [0.15, 0.2) is 18.0 Å². The van der Waals surface area contributed by atoms with Crippen LogP contribution in [0.4, 0.5) is 0 Å². The second-order valence-corrected chi connectivity index (χ2v) is 13.7. The summed E-state index contributed by atoms with van der Waals surface area (Å²) in [5, 5.41) is 45.8. The van der Waals surface area contributed by atoms with E-state index in [1.165, 1.54) is 6.08 Å². The molecule has 0 bridgehead atoms. The van der Waals surface area contributed by atoms with E-state index in [2.05, 4.69) is 9.68 Å². The van der Waals surface area contributed by atoms with Gasteiger partial charge in [-0.1, -0.05) is 32.4 Å². The number of fused-ring (bicyclic) bond motifs is 5. The van der Waals surface area contributed by atoms with Gasteiger partial charge in [-0.25, -0.2) is 0 Å². The first-order valence-corrected chi connectivity index (χ1v) is 15.7. The number of rotatable bonds is 14. The summed E-state index contributed by atoms with van der Waals surface area (Å²) in [7, 11) is 0. The van der Waals surface area contributed by atoms with Crippen molar-refractivity contribution in [3.05, 3.63) is 23.8 Å². The van der Waals surface area contributed by atoms with E-state index in [0.29, 0.717) is 19.3 Å². The van der Waals surface area contributed by atoms with Gasteiger partial charge in [-0.15, -0.1) is 11.6 Å². The summed E-state index contributed by atoms with van der Waals surface area (Å²) >= 11 is 7.52. The van der Waals surface area contributed by atoms with E-state index in [1.54, 1.807) is 26.0 Å². The molecular weight excluding hydrogens is 632 g/mol. The van der Waals surface area contributed by atoms with E-state index >= 15 is 0 Å². The standard InChI is InChI=1S/C30H43ClN2O13/c1-18-14-22-21-9-8-19-15-20(34)10-11-27(19,2)29(21,31)23(35)16-28(22,3)30(18,46-26(38)7-5-13-45-33(41)42)24(36)17-43-25(37)6-4-12-44-32(39)40/h10-11,15,18,21-23,35,39-42H,4-9,12-14,16-17H2,1-3H3/t18-,21?,22?,23-,27-,28-,29-,30-/m0/s1. The largest absolute Gasteiger partial charge is 0.457 e. The van der Waals surface area contributed by atoms with Crippen LogP contribution in [0.2, 0.25) is 0 Å². The Balaban J connectivity index is 1.63. The average molecular weight is 675 g/mol. The third-order valence-corrected chi connectivity index (χ3v) is 11.6. The number of Topliss-reactive ketones (excluding diaryl/α,β-unsaturated/α-hetero) is 1. The quantitative estimate of drug-likeness (QED) is 0.0775. The van der Waals surface area contributed by atoms with Gasteiger partial charge in [0.25, 0.3) is 0 Å². The lowest BCUT2D eigenvalue weighted by atomic mass is 9.45. The molecule has 0 amide bonds. The monoisotopic (exact) mass is 674 g/mol. The van der Waals surface area contributed by atoms with Crippen LogP contribution in [0.5, 0.6) is 0 Å². The molecule has 16 heteroatoms. The Kier molecular flexibility index (Phi) is 11.1. The van der Waals surface area contributed by atoms with Gasteiger partial charge in [-0.3, -0.25) is 49.7 Å². The molecule has 258 valence electrons. The lowest BCUT2D eigenvalue weighted by Gasteiger charge is -2.64. The van der Waals surface area contributed by atoms with Crippen molar-refractivity contribution in [1.82, 2.24) is 10.8 Å². The molecule has 3 fully saturated rings. The van der Waals surface area contributed by atoms with Crippen molar-refractivity contribution in [2.24, 2.45) is 28.6 Å². The lowest BCUT2D eigenvalue weighted by molar-refractivity contribution is -0.492. The molecule has 8 atom stereocenters. The van der Waals surface area contributed by atoms with Gasteiger partial charge >= 0.3 is 11.9 Å². The number of allylic oxidation sites excluding steroid dienone is 4. The highest BCUT2D eigenvalue weighted by Gasteiger charge is 2.76. The SMILES string of the molecule is C[C@H]1CC2C3CCC4=CC(=O)C=C[C@]4(C)[C@@]3(Cl)[C@@H](O)C[C@]2(C)[C@@]1(OC(=O)CCCON(O)O)C(=O)COC(=O)CCCON(O)O. The topological polar surface area (TPSA) is 213 Å². The molecule has 0 aromatic rings. The van der Waals surface area contributed by atoms with Gasteiger partial charge in [0.2, 0.25) is 5.78 Å². The van der Waals surface area contributed by atoms with Crippen molar-refractivity contribution < 1.29 is 64.3 Å². The molecule has 0 spiro atoms. The smallest absolute Gasteiger partial charge is 0.306 e. The second kappa shape index (κ2) is 14.0. The highest BCUT2D eigenvalue weighted by molar-refractivity contribution is 6.26. The van der Waals surface area contributed by atoms with Crippen molar-refractivity contribution >= 4 is 35.1 Å². The number of alkyl halides is 1. The van der Waals surface area contributed by atoms with Crippen molar-refractivity contribution in [3.8, 4) is 0 Å². The van der Waals surface area contributed by atoms with Gasteiger partial charge < -0.3 is 14.6 Å².